The molecule has 1 atom stereocenters. The lowest BCUT2D eigenvalue weighted by Crippen LogP contribution is -2.15. The van der Waals surface area contributed by atoms with E-state index in [0.29, 0.717) is 5.69 Å². The Balaban J connectivity index is 3.02. The average molecular weight is 226 g/mol. The van der Waals surface area contributed by atoms with E-state index < -0.39 is 11.8 Å². The monoisotopic (exact) mass is 226 g/mol. The molecule has 0 amide bonds. The zero-order chi connectivity index (χ0) is 12.3. The summed E-state index contributed by atoms with van der Waals surface area (Å²) in [6.07, 6.45) is 0.689. The Morgan fingerprint density at radius 2 is 2.12 bits per heavy atom. The van der Waals surface area contributed by atoms with Crippen LogP contribution >= 0.6 is 0 Å². The van der Waals surface area contributed by atoms with Crippen molar-refractivity contribution in [3.63, 3.8) is 0 Å². The lowest BCUT2D eigenvalue weighted by atomic mass is 10.1. The molecular formula is C11H15FN2O2. The van der Waals surface area contributed by atoms with Gasteiger partial charge in [-0.3, -0.25) is 4.98 Å². The van der Waals surface area contributed by atoms with E-state index in [1.807, 2.05) is 0 Å². The molecule has 16 heavy (non-hydrogen) atoms. The fourth-order valence-electron chi connectivity index (χ4n) is 1.14. The Labute approximate surface area is 93.6 Å². The maximum atomic E-state index is 13.3. The second kappa shape index (κ2) is 5.03. The van der Waals surface area contributed by atoms with Crippen LogP contribution in [0.4, 0.5) is 4.39 Å². The normalized spacial score (nSPS) is 12.6. The summed E-state index contributed by atoms with van der Waals surface area (Å²) in [4.78, 5) is 15.3. The Kier molecular flexibility index (Phi) is 3.95. The molecule has 1 unspecified atom stereocenters. The first-order chi connectivity index (χ1) is 7.41. The Hall–Kier alpha value is -1.49. The summed E-state index contributed by atoms with van der Waals surface area (Å²) in [6.45, 7) is 5.10. The maximum absolute atomic E-state index is 13.3. The smallest absolute Gasteiger partial charge is 0.341 e. The molecule has 0 saturated heterocycles. The summed E-state index contributed by atoms with van der Waals surface area (Å²) in [5, 5.41) is 0. The quantitative estimate of drug-likeness (QED) is 0.798. The highest BCUT2D eigenvalue weighted by atomic mass is 19.1. The summed E-state index contributed by atoms with van der Waals surface area (Å²) < 4.78 is 18.2. The predicted octanol–water partition coefficient (Wildman–Crippen LogP) is 1.81. The van der Waals surface area contributed by atoms with E-state index in [2.05, 4.69) is 4.98 Å². The Morgan fingerprint density at radius 3 is 2.62 bits per heavy atom. The lowest BCUT2D eigenvalue weighted by molar-refractivity contribution is 0.0372. The lowest BCUT2D eigenvalue weighted by Gasteiger charge is -2.10. The van der Waals surface area contributed by atoms with Gasteiger partial charge in [0.2, 0.25) is 0 Å². The van der Waals surface area contributed by atoms with Crippen LogP contribution in [0.1, 0.15) is 42.9 Å². The van der Waals surface area contributed by atoms with Crippen LogP contribution in [0.25, 0.3) is 0 Å². The third kappa shape index (κ3) is 3.00. The molecule has 0 aromatic carbocycles. The number of rotatable bonds is 3. The van der Waals surface area contributed by atoms with Crippen molar-refractivity contribution in [3.05, 3.63) is 29.3 Å². The van der Waals surface area contributed by atoms with Crippen LogP contribution < -0.4 is 5.73 Å². The van der Waals surface area contributed by atoms with Gasteiger partial charge in [-0.1, -0.05) is 0 Å². The second-order valence-corrected chi connectivity index (χ2v) is 3.83. The third-order valence-corrected chi connectivity index (χ3v) is 1.91. The van der Waals surface area contributed by atoms with Crippen LogP contribution in [0.5, 0.6) is 0 Å². The largest absolute Gasteiger partial charge is 0.459 e. The van der Waals surface area contributed by atoms with E-state index in [1.54, 1.807) is 20.8 Å². The van der Waals surface area contributed by atoms with Crippen molar-refractivity contribution in [2.24, 2.45) is 5.73 Å². The van der Waals surface area contributed by atoms with Gasteiger partial charge in [0.25, 0.3) is 0 Å². The van der Waals surface area contributed by atoms with Gasteiger partial charge in [0.15, 0.2) is 5.82 Å². The molecule has 1 heterocycles. The molecule has 0 spiro atoms. The number of ether oxygens (including phenoxy) is 1. The van der Waals surface area contributed by atoms with Crippen LogP contribution in [-0.4, -0.2) is 17.1 Å². The third-order valence-electron chi connectivity index (χ3n) is 1.91. The van der Waals surface area contributed by atoms with Crippen molar-refractivity contribution in [1.29, 1.82) is 0 Å². The minimum atomic E-state index is -0.699. The highest BCUT2D eigenvalue weighted by Gasteiger charge is 2.16. The van der Waals surface area contributed by atoms with E-state index in [1.165, 1.54) is 6.07 Å². The molecule has 0 bridgehead atoms. The topological polar surface area (TPSA) is 65.2 Å². The van der Waals surface area contributed by atoms with Crippen molar-refractivity contribution >= 4 is 5.97 Å². The first-order valence-electron chi connectivity index (χ1n) is 5.03. The number of carbonyl (C=O) groups is 1. The number of esters is 1. The molecule has 4 nitrogen and oxygen atoms in total. The summed E-state index contributed by atoms with van der Waals surface area (Å²) in [6, 6.07) is 0.969. The van der Waals surface area contributed by atoms with Crippen molar-refractivity contribution in [2.45, 2.75) is 32.9 Å². The number of hydrogen-bond acceptors (Lipinski definition) is 4. The van der Waals surface area contributed by atoms with Crippen molar-refractivity contribution in [2.75, 3.05) is 0 Å². The SMILES string of the molecule is CC(C)OC(=O)c1cc(C(C)N)ncc1F. The van der Waals surface area contributed by atoms with Gasteiger partial charge in [-0.25, -0.2) is 9.18 Å². The molecule has 0 aliphatic heterocycles. The molecule has 2 N–H and O–H groups in total. The van der Waals surface area contributed by atoms with Crippen molar-refractivity contribution < 1.29 is 13.9 Å². The van der Waals surface area contributed by atoms with Crippen molar-refractivity contribution in [3.8, 4) is 0 Å². The molecule has 0 fully saturated rings. The van der Waals surface area contributed by atoms with E-state index in [0.717, 1.165) is 6.20 Å². The minimum Gasteiger partial charge on any atom is -0.459 e. The number of aromatic nitrogens is 1. The summed E-state index contributed by atoms with van der Waals surface area (Å²) in [5.41, 5.74) is 5.92. The molecule has 88 valence electrons. The molecular weight excluding hydrogens is 211 g/mol. The van der Waals surface area contributed by atoms with Crippen LogP contribution in [0.2, 0.25) is 0 Å². The molecule has 5 heteroatoms. The summed E-state index contributed by atoms with van der Waals surface area (Å²) in [7, 11) is 0. The molecule has 0 saturated carbocycles. The molecule has 0 radical (unpaired) electrons. The van der Waals surface area contributed by atoms with E-state index in [-0.39, 0.29) is 17.7 Å². The number of nitrogens with two attached hydrogens (primary N) is 1. The first kappa shape index (κ1) is 12.6. The zero-order valence-electron chi connectivity index (χ0n) is 9.53. The van der Waals surface area contributed by atoms with Gasteiger partial charge >= 0.3 is 5.97 Å². The number of carbonyl (C=O) groups excluding carboxylic acids is 1. The van der Waals surface area contributed by atoms with Gasteiger partial charge in [0.1, 0.15) is 0 Å². The number of nitrogens with zero attached hydrogens (tertiary/aromatic N) is 1. The molecule has 0 aliphatic carbocycles. The summed E-state index contributed by atoms with van der Waals surface area (Å²) in [5.74, 6) is -1.40. The predicted molar refractivity (Wildman–Crippen MR) is 57.3 cm³/mol. The zero-order valence-corrected chi connectivity index (χ0v) is 9.53. The summed E-state index contributed by atoms with van der Waals surface area (Å²) >= 11 is 0. The highest BCUT2D eigenvalue weighted by molar-refractivity contribution is 5.89. The number of halogens is 1. The maximum Gasteiger partial charge on any atom is 0.341 e. The van der Waals surface area contributed by atoms with Gasteiger partial charge < -0.3 is 10.5 Å². The van der Waals surface area contributed by atoms with Gasteiger partial charge in [-0.2, -0.15) is 0 Å². The van der Waals surface area contributed by atoms with E-state index in [9.17, 15) is 9.18 Å². The minimum absolute atomic E-state index is 0.129. The average Bonchev–Trinajstić information content (AvgIpc) is 2.16. The van der Waals surface area contributed by atoms with Crippen LogP contribution in [0, 0.1) is 5.82 Å². The molecule has 1 rings (SSSR count). The Bertz CT molecular complexity index is 392. The van der Waals surface area contributed by atoms with Crippen LogP contribution in [-0.2, 0) is 4.74 Å². The van der Waals surface area contributed by atoms with Gasteiger partial charge in [0.05, 0.1) is 23.6 Å². The fourth-order valence-corrected chi connectivity index (χ4v) is 1.14. The molecule has 1 aromatic heterocycles. The Morgan fingerprint density at radius 1 is 1.50 bits per heavy atom. The van der Waals surface area contributed by atoms with Crippen molar-refractivity contribution in [1.82, 2.24) is 4.98 Å². The first-order valence-corrected chi connectivity index (χ1v) is 5.03. The van der Waals surface area contributed by atoms with Gasteiger partial charge in [0, 0.05) is 6.04 Å². The fraction of sp³-hybridized carbons (Fsp3) is 0.455. The molecule has 1 aromatic rings. The molecule has 0 aliphatic rings. The van der Waals surface area contributed by atoms with Crippen LogP contribution in [0.15, 0.2) is 12.3 Å². The van der Waals surface area contributed by atoms with Gasteiger partial charge in [-0.15, -0.1) is 0 Å². The second-order valence-electron chi connectivity index (χ2n) is 3.83. The van der Waals surface area contributed by atoms with E-state index >= 15 is 0 Å². The number of pyridine rings is 1. The highest BCUT2D eigenvalue weighted by Crippen LogP contribution is 2.14. The van der Waals surface area contributed by atoms with E-state index in [4.69, 9.17) is 10.5 Å². The van der Waals surface area contributed by atoms with Gasteiger partial charge in [-0.05, 0) is 26.8 Å². The number of hydrogen-bond donors (Lipinski definition) is 1. The standard InChI is InChI=1S/C11H15FN2O2/c1-6(2)16-11(15)8-4-10(7(3)13)14-5-9(8)12/h4-7H,13H2,1-3H3. The van der Waals surface area contributed by atoms with Crippen LogP contribution in [0.3, 0.4) is 0 Å².